The molecule has 1 atom stereocenters. The molecule has 0 aliphatic carbocycles. The molecule has 0 unspecified atom stereocenters. The highest BCUT2D eigenvalue weighted by Crippen LogP contribution is 2.28. The fourth-order valence-corrected chi connectivity index (χ4v) is 4.51. The number of hydrogen-bond acceptors (Lipinski definition) is 7. The Balaban J connectivity index is 1.68. The number of aryl methyl sites for hydroxylation is 1. The number of thioether (sulfide) groups is 1. The molecule has 12 heteroatoms. The minimum atomic E-state index is -0.961. The van der Waals surface area contributed by atoms with Gasteiger partial charge in [0.25, 0.3) is 0 Å². The van der Waals surface area contributed by atoms with E-state index in [4.69, 9.17) is 5.73 Å². The second-order valence-corrected chi connectivity index (χ2v) is 9.95. The maximum atomic E-state index is 13.5. The summed E-state index contributed by atoms with van der Waals surface area (Å²) in [5.41, 5.74) is 6.10. The molecule has 0 fully saturated rings. The van der Waals surface area contributed by atoms with Gasteiger partial charge in [-0.05, 0) is 31.0 Å². The van der Waals surface area contributed by atoms with E-state index in [-0.39, 0.29) is 12.3 Å². The number of carbonyl (C=O) groups is 2. The molecule has 3 N–H and O–H groups in total. The van der Waals surface area contributed by atoms with Gasteiger partial charge < -0.3 is 15.6 Å². The SMILES string of the molecule is CC(C)Cn1c(CCC(N)=O)nnc1S[C@@H](C)C(=O)Nc1nc(-c2ccc(F)c(F)c2)cs1. The van der Waals surface area contributed by atoms with E-state index in [0.29, 0.717) is 46.3 Å². The molecule has 1 aromatic carbocycles. The monoisotopic (exact) mass is 494 g/mol. The number of nitrogens with zero attached hydrogens (tertiary/aromatic N) is 4. The van der Waals surface area contributed by atoms with Crippen LogP contribution in [0.4, 0.5) is 13.9 Å². The molecule has 0 saturated carbocycles. The smallest absolute Gasteiger partial charge is 0.239 e. The summed E-state index contributed by atoms with van der Waals surface area (Å²) in [5.74, 6) is -1.64. The molecule has 8 nitrogen and oxygen atoms in total. The van der Waals surface area contributed by atoms with Gasteiger partial charge in [-0.2, -0.15) is 0 Å². The fraction of sp³-hybridized carbons (Fsp3) is 0.381. The zero-order valence-electron chi connectivity index (χ0n) is 18.3. The third-order valence-electron chi connectivity index (χ3n) is 4.54. The van der Waals surface area contributed by atoms with Crippen LogP contribution in [-0.4, -0.2) is 36.8 Å². The third kappa shape index (κ3) is 6.57. The number of carbonyl (C=O) groups excluding carboxylic acids is 2. The van der Waals surface area contributed by atoms with Crippen LogP contribution in [0.3, 0.4) is 0 Å². The van der Waals surface area contributed by atoms with Gasteiger partial charge in [0.1, 0.15) is 5.82 Å². The van der Waals surface area contributed by atoms with E-state index in [1.165, 1.54) is 29.2 Å². The first kappa shape index (κ1) is 24.8. The highest BCUT2D eigenvalue weighted by Gasteiger charge is 2.22. The predicted octanol–water partition coefficient (Wildman–Crippen LogP) is 3.87. The van der Waals surface area contributed by atoms with E-state index in [1.54, 1.807) is 12.3 Å². The van der Waals surface area contributed by atoms with Gasteiger partial charge in [-0.3, -0.25) is 9.59 Å². The second-order valence-electron chi connectivity index (χ2n) is 7.79. The lowest BCUT2D eigenvalue weighted by atomic mass is 10.2. The van der Waals surface area contributed by atoms with Crippen LogP contribution in [0.1, 0.15) is 33.0 Å². The van der Waals surface area contributed by atoms with Crippen molar-refractivity contribution in [2.75, 3.05) is 5.32 Å². The van der Waals surface area contributed by atoms with Crippen molar-refractivity contribution in [3.63, 3.8) is 0 Å². The van der Waals surface area contributed by atoms with Crippen molar-refractivity contribution < 1.29 is 18.4 Å². The molecule has 33 heavy (non-hydrogen) atoms. The van der Waals surface area contributed by atoms with E-state index in [0.717, 1.165) is 12.1 Å². The van der Waals surface area contributed by atoms with Crippen LogP contribution >= 0.6 is 23.1 Å². The average Bonchev–Trinajstić information content (AvgIpc) is 3.35. The van der Waals surface area contributed by atoms with Crippen molar-refractivity contribution in [2.24, 2.45) is 11.7 Å². The van der Waals surface area contributed by atoms with Crippen molar-refractivity contribution in [3.8, 4) is 11.3 Å². The van der Waals surface area contributed by atoms with Crippen LogP contribution in [0.5, 0.6) is 0 Å². The van der Waals surface area contributed by atoms with Gasteiger partial charge in [-0.15, -0.1) is 21.5 Å². The normalized spacial score (nSPS) is 12.2. The first-order valence-corrected chi connectivity index (χ1v) is 12.0. The highest BCUT2D eigenvalue weighted by molar-refractivity contribution is 8.00. The van der Waals surface area contributed by atoms with Gasteiger partial charge in [-0.1, -0.05) is 25.6 Å². The molecular formula is C21H24F2N6O2S2. The summed E-state index contributed by atoms with van der Waals surface area (Å²) < 4.78 is 28.6. The summed E-state index contributed by atoms with van der Waals surface area (Å²) in [5, 5.41) is 13.2. The number of hydrogen-bond donors (Lipinski definition) is 2. The van der Waals surface area contributed by atoms with Gasteiger partial charge in [0.2, 0.25) is 11.8 Å². The molecule has 2 amide bonds. The molecule has 0 aliphatic rings. The summed E-state index contributed by atoms with van der Waals surface area (Å²) in [7, 11) is 0. The van der Waals surface area contributed by atoms with E-state index < -0.39 is 22.8 Å². The number of benzene rings is 1. The van der Waals surface area contributed by atoms with E-state index in [9.17, 15) is 18.4 Å². The number of primary amides is 1. The number of thiazole rings is 1. The zero-order chi connectivity index (χ0) is 24.1. The van der Waals surface area contributed by atoms with Crippen LogP contribution in [0.2, 0.25) is 0 Å². The molecule has 2 heterocycles. The summed E-state index contributed by atoms with van der Waals surface area (Å²) in [6, 6.07) is 3.52. The minimum Gasteiger partial charge on any atom is -0.370 e. The molecule has 0 aliphatic heterocycles. The lowest BCUT2D eigenvalue weighted by Gasteiger charge is -2.14. The first-order chi connectivity index (χ1) is 15.6. The maximum Gasteiger partial charge on any atom is 0.239 e. The number of nitrogens with two attached hydrogens (primary N) is 1. The molecule has 3 aromatic rings. The number of rotatable bonds is 10. The first-order valence-electron chi connectivity index (χ1n) is 10.2. The van der Waals surface area contributed by atoms with Crippen molar-refractivity contribution in [1.29, 1.82) is 0 Å². The summed E-state index contributed by atoms with van der Waals surface area (Å²) in [6.45, 7) is 6.48. The van der Waals surface area contributed by atoms with E-state index >= 15 is 0 Å². The Kier molecular flexibility index (Phi) is 8.14. The van der Waals surface area contributed by atoms with Gasteiger partial charge in [-0.25, -0.2) is 13.8 Å². The number of halogens is 2. The van der Waals surface area contributed by atoms with Crippen LogP contribution in [0, 0.1) is 17.6 Å². The lowest BCUT2D eigenvalue weighted by Crippen LogP contribution is -2.23. The average molecular weight is 495 g/mol. The Labute approximate surface area is 198 Å². The maximum absolute atomic E-state index is 13.5. The molecule has 2 aromatic heterocycles. The Bertz CT molecular complexity index is 1150. The number of amides is 2. The van der Waals surface area contributed by atoms with Gasteiger partial charge in [0, 0.05) is 30.3 Å². The van der Waals surface area contributed by atoms with Gasteiger partial charge in [0.05, 0.1) is 10.9 Å². The lowest BCUT2D eigenvalue weighted by molar-refractivity contribution is -0.118. The Morgan fingerprint density at radius 3 is 2.64 bits per heavy atom. The summed E-state index contributed by atoms with van der Waals surface area (Å²) in [6.07, 6.45) is 0.545. The number of nitrogens with one attached hydrogen (secondary N) is 1. The molecule has 176 valence electrons. The summed E-state index contributed by atoms with van der Waals surface area (Å²) in [4.78, 5) is 28.2. The number of anilines is 1. The highest BCUT2D eigenvalue weighted by atomic mass is 32.2. The third-order valence-corrected chi connectivity index (χ3v) is 6.38. The number of aromatic nitrogens is 4. The van der Waals surface area contributed by atoms with Crippen LogP contribution in [0.15, 0.2) is 28.7 Å². The van der Waals surface area contributed by atoms with Gasteiger partial charge >= 0.3 is 0 Å². The van der Waals surface area contributed by atoms with Crippen molar-refractivity contribution in [3.05, 3.63) is 41.0 Å². The van der Waals surface area contributed by atoms with Crippen molar-refractivity contribution in [1.82, 2.24) is 19.7 Å². The van der Waals surface area contributed by atoms with Crippen molar-refractivity contribution in [2.45, 2.75) is 50.6 Å². The van der Waals surface area contributed by atoms with E-state index in [1.807, 2.05) is 4.57 Å². The van der Waals surface area contributed by atoms with E-state index in [2.05, 4.69) is 34.3 Å². The van der Waals surface area contributed by atoms with Crippen LogP contribution in [0.25, 0.3) is 11.3 Å². The van der Waals surface area contributed by atoms with Crippen LogP contribution < -0.4 is 11.1 Å². The predicted molar refractivity (Wildman–Crippen MR) is 124 cm³/mol. The quantitative estimate of drug-likeness (QED) is 0.414. The molecule has 0 spiro atoms. The second kappa shape index (κ2) is 10.8. The summed E-state index contributed by atoms with van der Waals surface area (Å²) >= 11 is 2.43. The largest absolute Gasteiger partial charge is 0.370 e. The van der Waals surface area contributed by atoms with Crippen LogP contribution in [-0.2, 0) is 22.6 Å². The van der Waals surface area contributed by atoms with Gasteiger partial charge in [0.15, 0.2) is 21.9 Å². The minimum absolute atomic E-state index is 0.168. The topological polar surface area (TPSA) is 116 Å². The zero-order valence-corrected chi connectivity index (χ0v) is 20.0. The molecule has 0 bridgehead atoms. The molecule has 3 rings (SSSR count). The Morgan fingerprint density at radius 1 is 1.21 bits per heavy atom. The Hall–Kier alpha value is -2.86. The standard InChI is InChI=1S/C21H24F2N6O2S2/c1-11(2)9-29-18(7-6-17(24)30)27-28-21(29)33-12(3)19(31)26-20-25-16(10-32-20)13-4-5-14(22)15(23)8-13/h4-5,8,10-12H,6-7,9H2,1-3H3,(H2,24,30)(H,25,26,31)/t12-/m0/s1. The molecule has 0 saturated heterocycles. The fourth-order valence-electron chi connectivity index (χ4n) is 2.91. The molecule has 0 radical (unpaired) electrons. The van der Waals surface area contributed by atoms with Crippen molar-refractivity contribution >= 4 is 40.0 Å². The Morgan fingerprint density at radius 2 is 1.97 bits per heavy atom. The molecular weight excluding hydrogens is 470 g/mol.